The standard InChI is InChI=1S/C20H38O2/c1-4-5-6-10-13-16-19(2)17-14-11-8-7-9-12-15-18-20(21)22-3/h13,16,19H,4-12,14-15,17-18H2,1-3H3/b16-13-. The lowest BCUT2D eigenvalue weighted by molar-refractivity contribution is -0.140. The van der Waals surface area contributed by atoms with E-state index in [1.165, 1.54) is 71.3 Å². The second kappa shape index (κ2) is 16.6. The maximum atomic E-state index is 10.9. The van der Waals surface area contributed by atoms with Crippen molar-refractivity contribution in [2.45, 2.75) is 97.3 Å². The van der Waals surface area contributed by atoms with Crippen molar-refractivity contribution >= 4 is 5.97 Å². The summed E-state index contributed by atoms with van der Waals surface area (Å²) in [4.78, 5) is 10.9. The van der Waals surface area contributed by atoms with Gasteiger partial charge in [0.05, 0.1) is 7.11 Å². The summed E-state index contributed by atoms with van der Waals surface area (Å²) in [7, 11) is 1.46. The van der Waals surface area contributed by atoms with Gasteiger partial charge in [-0.15, -0.1) is 0 Å². The van der Waals surface area contributed by atoms with Gasteiger partial charge in [0.25, 0.3) is 0 Å². The number of hydrogen-bond donors (Lipinski definition) is 0. The fourth-order valence-electron chi connectivity index (χ4n) is 2.66. The maximum absolute atomic E-state index is 10.9. The highest BCUT2D eigenvalue weighted by Gasteiger charge is 2.00. The van der Waals surface area contributed by atoms with Gasteiger partial charge in [-0.3, -0.25) is 4.79 Å². The van der Waals surface area contributed by atoms with E-state index in [0.29, 0.717) is 6.42 Å². The van der Waals surface area contributed by atoms with Crippen LogP contribution in [0.4, 0.5) is 0 Å². The van der Waals surface area contributed by atoms with Crippen LogP contribution in [-0.4, -0.2) is 13.1 Å². The highest BCUT2D eigenvalue weighted by molar-refractivity contribution is 5.68. The molecule has 0 N–H and O–H groups in total. The maximum Gasteiger partial charge on any atom is 0.305 e. The Morgan fingerprint density at radius 2 is 1.59 bits per heavy atom. The summed E-state index contributed by atoms with van der Waals surface area (Å²) in [5.41, 5.74) is 0. The Morgan fingerprint density at radius 1 is 0.955 bits per heavy atom. The molecule has 0 aliphatic rings. The van der Waals surface area contributed by atoms with Crippen LogP contribution in [0.1, 0.15) is 97.3 Å². The number of carbonyl (C=O) groups excluding carboxylic acids is 1. The Labute approximate surface area is 138 Å². The zero-order valence-corrected chi connectivity index (χ0v) is 15.2. The molecule has 0 aromatic heterocycles. The van der Waals surface area contributed by atoms with Crippen molar-refractivity contribution in [3.05, 3.63) is 12.2 Å². The SMILES string of the molecule is CCCCC/C=C\C(C)CCCCCCCCCC(=O)OC. The Hall–Kier alpha value is -0.790. The molecule has 2 nitrogen and oxygen atoms in total. The van der Waals surface area contributed by atoms with Crippen LogP contribution in [-0.2, 0) is 9.53 Å². The quantitative estimate of drug-likeness (QED) is 0.197. The number of carbonyl (C=O) groups is 1. The van der Waals surface area contributed by atoms with Gasteiger partial charge in [0, 0.05) is 6.42 Å². The second-order valence-corrected chi connectivity index (χ2v) is 6.49. The van der Waals surface area contributed by atoms with E-state index in [0.717, 1.165) is 18.8 Å². The molecule has 0 saturated heterocycles. The second-order valence-electron chi connectivity index (χ2n) is 6.49. The topological polar surface area (TPSA) is 26.3 Å². The summed E-state index contributed by atoms with van der Waals surface area (Å²) in [5.74, 6) is 0.665. The van der Waals surface area contributed by atoms with E-state index in [1.807, 2.05) is 0 Å². The number of methoxy groups -OCH3 is 1. The van der Waals surface area contributed by atoms with Crippen molar-refractivity contribution in [3.8, 4) is 0 Å². The van der Waals surface area contributed by atoms with Crippen LogP contribution in [0.3, 0.4) is 0 Å². The number of rotatable bonds is 15. The van der Waals surface area contributed by atoms with E-state index < -0.39 is 0 Å². The van der Waals surface area contributed by atoms with Crippen LogP contribution in [0.25, 0.3) is 0 Å². The van der Waals surface area contributed by atoms with E-state index in [2.05, 4.69) is 30.7 Å². The van der Waals surface area contributed by atoms with Crippen molar-refractivity contribution in [1.29, 1.82) is 0 Å². The summed E-state index contributed by atoms with van der Waals surface area (Å²) < 4.78 is 4.63. The molecule has 0 spiro atoms. The van der Waals surface area contributed by atoms with Gasteiger partial charge in [0.1, 0.15) is 0 Å². The lowest BCUT2D eigenvalue weighted by Crippen LogP contribution is -1.99. The molecule has 0 radical (unpaired) electrons. The fourth-order valence-corrected chi connectivity index (χ4v) is 2.66. The molecule has 0 aliphatic heterocycles. The summed E-state index contributed by atoms with van der Waals surface area (Å²) in [6.07, 6.45) is 20.7. The fraction of sp³-hybridized carbons (Fsp3) is 0.850. The largest absolute Gasteiger partial charge is 0.469 e. The molecule has 0 amide bonds. The molecule has 0 fully saturated rings. The van der Waals surface area contributed by atoms with Gasteiger partial charge in [0.15, 0.2) is 0 Å². The van der Waals surface area contributed by atoms with Gasteiger partial charge in [-0.05, 0) is 31.6 Å². The monoisotopic (exact) mass is 310 g/mol. The molecule has 2 heteroatoms. The summed E-state index contributed by atoms with van der Waals surface area (Å²) in [5, 5.41) is 0. The molecule has 130 valence electrons. The summed E-state index contributed by atoms with van der Waals surface area (Å²) >= 11 is 0. The van der Waals surface area contributed by atoms with Gasteiger partial charge >= 0.3 is 5.97 Å². The first-order chi connectivity index (χ1) is 10.7. The molecule has 1 atom stereocenters. The molecular formula is C20H38O2. The van der Waals surface area contributed by atoms with Crippen LogP contribution in [0.15, 0.2) is 12.2 Å². The van der Waals surface area contributed by atoms with E-state index in [4.69, 9.17) is 0 Å². The highest BCUT2D eigenvalue weighted by Crippen LogP contribution is 2.14. The average Bonchev–Trinajstić information content (AvgIpc) is 2.52. The van der Waals surface area contributed by atoms with Crippen LogP contribution in [0.2, 0.25) is 0 Å². The Balaban J connectivity index is 3.26. The van der Waals surface area contributed by atoms with E-state index in [1.54, 1.807) is 0 Å². The Morgan fingerprint density at radius 3 is 2.23 bits per heavy atom. The zero-order chi connectivity index (χ0) is 16.5. The zero-order valence-electron chi connectivity index (χ0n) is 15.2. The molecule has 0 aromatic rings. The molecule has 0 heterocycles. The lowest BCUT2D eigenvalue weighted by atomic mass is 10.0. The third kappa shape index (κ3) is 15.6. The molecular weight excluding hydrogens is 272 g/mol. The third-order valence-corrected chi connectivity index (χ3v) is 4.21. The van der Waals surface area contributed by atoms with Crippen LogP contribution in [0.5, 0.6) is 0 Å². The molecule has 22 heavy (non-hydrogen) atoms. The van der Waals surface area contributed by atoms with Crippen LogP contribution in [0, 0.1) is 5.92 Å². The van der Waals surface area contributed by atoms with Crippen molar-refractivity contribution in [2.24, 2.45) is 5.92 Å². The number of hydrogen-bond acceptors (Lipinski definition) is 2. The van der Waals surface area contributed by atoms with Crippen molar-refractivity contribution in [2.75, 3.05) is 7.11 Å². The first-order valence-electron chi connectivity index (χ1n) is 9.44. The van der Waals surface area contributed by atoms with Gasteiger partial charge in [0.2, 0.25) is 0 Å². The van der Waals surface area contributed by atoms with E-state index in [9.17, 15) is 4.79 Å². The molecule has 0 saturated carbocycles. The van der Waals surface area contributed by atoms with Crippen LogP contribution < -0.4 is 0 Å². The highest BCUT2D eigenvalue weighted by atomic mass is 16.5. The predicted octanol–water partition coefficient (Wildman–Crippen LogP) is 6.44. The van der Waals surface area contributed by atoms with Gasteiger partial charge in [-0.2, -0.15) is 0 Å². The number of allylic oxidation sites excluding steroid dienone is 2. The molecule has 0 rings (SSSR count). The van der Waals surface area contributed by atoms with Gasteiger partial charge < -0.3 is 4.74 Å². The molecule has 0 bridgehead atoms. The van der Waals surface area contributed by atoms with Crippen molar-refractivity contribution in [1.82, 2.24) is 0 Å². The van der Waals surface area contributed by atoms with E-state index in [-0.39, 0.29) is 5.97 Å². The predicted molar refractivity (Wildman–Crippen MR) is 96.0 cm³/mol. The van der Waals surface area contributed by atoms with Crippen molar-refractivity contribution in [3.63, 3.8) is 0 Å². The molecule has 0 aromatic carbocycles. The number of ether oxygens (including phenoxy) is 1. The Bertz CT molecular complexity index is 271. The van der Waals surface area contributed by atoms with E-state index >= 15 is 0 Å². The van der Waals surface area contributed by atoms with Crippen LogP contribution >= 0.6 is 0 Å². The first kappa shape index (κ1) is 21.2. The Kier molecular flexibility index (Phi) is 16.0. The van der Waals surface area contributed by atoms with Gasteiger partial charge in [-0.1, -0.05) is 77.4 Å². The molecule has 1 unspecified atom stereocenters. The lowest BCUT2D eigenvalue weighted by Gasteiger charge is -2.06. The first-order valence-corrected chi connectivity index (χ1v) is 9.44. The summed E-state index contributed by atoms with van der Waals surface area (Å²) in [6, 6.07) is 0. The third-order valence-electron chi connectivity index (χ3n) is 4.21. The number of esters is 1. The average molecular weight is 311 g/mol. The molecule has 0 aliphatic carbocycles. The van der Waals surface area contributed by atoms with Crippen molar-refractivity contribution < 1.29 is 9.53 Å². The minimum absolute atomic E-state index is 0.0725. The smallest absolute Gasteiger partial charge is 0.305 e. The number of unbranched alkanes of at least 4 members (excludes halogenated alkanes) is 9. The minimum Gasteiger partial charge on any atom is -0.469 e. The minimum atomic E-state index is -0.0725. The normalized spacial score (nSPS) is 12.7. The van der Waals surface area contributed by atoms with Gasteiger partial charge in [-0.25, -0.2) is 0 Å². The summed E-state index contributed by atoms with van der Waals surface area (Å²) in [6.45, 7) is 4.59.